The topological polar surface area (TPSA) is 52.8 Å². The first kappa shape index (κ1) is 12.6. The Hall–Kier alpha value is -0.430. The molecule has 3 heterocycles. The van der Waals surface area contributed by atoms with E-state index in [1.165, 1.54) is 0 Å². The maximum absolute atomic E-state index is 6.01. The summed E-state index contributed by atoms with van der Waals surface area (Å²) >= 11 is 15.3. The fourth-order valence-corrected chi connectivity index (χ4v) is 3.06. The highest BCUT2D eigenvalue weighted by atomic mass is 79.9. The summed E-state index contributed by atoms with van der Waals surface area (Å²) in [5, 5.41) is 0.359. The first-order chi connectivity index (χ1) is 8.66. The Morgan fingerprint density at radius 3 is 2.78 bits per heavy atom. The molecule has 0 aromatic carbocycles. The lowest BCUT2D eigenvalue weighted by atomic mass is 10.2. The van der Waals surface area contributed by atoms with Crippen molar-refractivity contribution in [3.8, 4) is 0 Å². The molecule has 5 nitrogen and oxygen atoms in total. The minimum Gasteiger partial charge on any atom is -0.358 e. The largest absolute Gasteiger partial charge is 0.358 e. The molecule has 0 aliphatic carbocycles. The van der Waals surface area contributed by atoms with Crippen LogP contribution in [0.25, 0.3) is 11.2 Å². The van der Waals surface area contributed by atoms with E-state index in [-0.39, 0.29) is 16.7 Å². The summed E-state index contributed by atoms with van der Waals surface area (Å²) in [7, 11) is 0. The van der Waals surface area contributed by atoms with E-state index in [0.717, 1.165) is 25.9 Å². The molecule has 2 aromatic heterocycles. The maximum Gasteiger partial charge on any atom is 0.225 e. The lowest BCUT2D eigenvalue weighted by Gasteiger charge is -2.24. The van der Waals surface area contributed by atoms with Crippen molar-refractivity contribution < 1.29 is 4.74 Å². The molecule has 8 heteroatoms. The van der Waals surface area contributed by atoms with E-state index in [4.69, 9.17) is 27.9 Å². The van der Waals surface area contributed by atoms with Crippen LogP contribution in [0, 0.1) is 0 Å². The van der Waals surface area contributed by atoms with Crippen molar-refractivity contribution in [2.45, 2.75) is 25.5 Å². The van der Waals surface area contributed by atoms with E-state index >= 15 is 0 Å². The Bertz CT molecular complexity index is 597. The van der Waals surface area contributed by atoms with Crippen LogP contribution in [0.15, 0.2) is 4.73 Å². The van der Waals surface area contributed by atoms with Crippen LogP contribution in [0.2, 0.25) is 10.4 Å². The summed E-state index contributed by atoms with van der Waals surface area (Å²) in [6, 6.07) is 0. The van der Waals surface area contributed by atoms with Gasteiger partial charge < -0.3 is 4.74 Å². The van der Waals surface area contributed by atoms with Crippen LogP contribution in [0.4, 0.5) is 0 Å². The van der Waals surface area contributed by atoms with Crippen LogP contribution < -0.4 is 0 Å². The second-order valence-electron chi connectivity index (χ2n) is 4.03. The third-order valence-corrected chi connectivity index (χ3v) is 3.86. The number of nitrogens with zero attached hydrogens (tertiary/aromatic N) is 4. The molecule has 1 fully saturated rings. The highest BCUT2D eigenvalue weighted by molar-refractivity contribution is 9.10. The van der Waals surface area contributed by atoms with Gasteiger partial charge in [-0.25, -0.2) is 9.97 Å². The Morgan fingerprint density at radius 2 is 2.06 bits per heavy atom. The quantitative estimate of drug-likeness (QED) is 0.447. The molecular formula is C10H9BrCl2N4O. The second-order valence-corrected chi connectivity index (χ2v) is 5.43. The summed E-state index contributed by atoms with van der Waals surface area (Å²) in [5.41, 5.74) is 1.13. The van der Waals surface area contributed by atoms with Crippen molar-refractivity contribution in [1.29, 1.82) is 0 Å². The van der Waals surface area contributed by atoms with Crippen molar-refractivity contribution in [3.05, 3.63) is 15.2 Å². The molecule has 18 heavy (non-hydrogen) atoms. The van der Waals surface area contributed by atoms with Gasteiger partial charge in [0.1, 0.15) is 11.7 Å². The first-order valence-corrected chi connectivity index (χ1v) is 7.10. The zero-order valence-electron chi connectivity index (χ0n) is 9.24. The molecule has 1 saturated heterocycles. The number of imidazole rings is 1. The lowest BCUT2D eigenvalue weighted by molar-refractivity contribution is -0.0311. The van der Waals surface area contributed by atoms with E-state index < -0.39 is 0 Å². The maximum atomic E-state index is 6.01. The van der Waals surface area contributed by atoms with E-state index in [0.29, 0.717) is 15.9 Å². The van der Waals surface area contributed by atoms with Crippen molar-refractivity contribution in [3.63, 3.8) is 0 Å². The predicted octanol–water partition coefficient (Wildman–Crippen LogP) is 3.59. The fraction of sp³-hybridized carbons (Fsp3) is 0.500. The molecule has 0 N–H and O–H groups in total. The van der Waals surface area contributed by atoms with Crippen molar-refractivity contribution in [1.82, 2.24) is 19.5 Å². The summed E-state index contributed by atoms with van der Waals surface area (Å²) in [5.74, 6) is 0. The Balaban J connectivity index is 2.18. The van der Waals surface area contributed by atoms with Crippen LogP contribution in [-0.2, 0) is 4.74 Å². The van der Waals surface area contributed by atoms with Gasteiger partial charge in [0.25, 0.3) is 0 Å². The van der Waals surface area contributed by atoms with Gasteiger partial charge in [0.05, 0.1) is 0 Å². The highest BCUT2D eigenvalue weighted by Crippen LogP contribution is 2.32. The average molecular weight is 352 g/mol. The second kappa shape index (κ2) is 4.92. The van der Waals surface area contributed by atoms with E-state index in [1.807, 2.05) is 4.57 Å². The van der Waals surface area contributed by atoms with E-state index in [2.05, 4.69) is 30.9 Å². The summed E-state index contributed by atoms with van der Waals surface area (Å²) in [4.78, 5) is 12.4. The summed E-state index contributed by atoms with van der Waals surface area (Å²) in [6.07, 6.45) is 3.03. The van der Waals surface area contributed by atoms with Crippen LogP contribution in [0.1, 0.15) is 25.5 Å². The lowest BCUT2D eigenvalue weighted by Crippen LogP contribution is -2.18. The minimum atomic E-state index is -0.0832. The smallest absolute Gasteiger partial charge is 0.225 e. The molecule has 0 radical (unpaired) electrons. The fourth-order valence-electron chi connectivity index (χ4n) is 2.07. The highest BCUT2D eigenvalue weighted by Gasteiger charge is 2.23. The van der Waals surface area contributed by atoms with E-state index in [1.54, 1.807) is 0 Å². The third kappa shape index (κ3) is 2.11. The van der Waals surface area contributed by atoms with Gasteiger partial charge in [-0.05, 0) is 46.8 Å². The van der Waals surface area contributed by atoms with Gasteiger partial charge in [0.15, 0.2) is 15.5 Å². The number of aromatic nitrogens is 4. The van der Waals surface area contributed by atoms with Gasteiger partial charge in [0, 0.05) is 6.61 Å². The van der Waals surface area contributed by atoms with Gasteiger partial charge >= 0.3 is 0 Å². The number of halogens is 3. The Kier molecular flexibility index (Phi) is 3.44. The zero-order valence-corrected chi connectivity index (χ0v) is 12.3. The number of ether oxygens (including phenoxy) is 1. The summed E-state index contributed by atoms with van der Waals surface area (Å²) in [6.45, 7) is 0.739. The van der Waals surface area contributed by atoms with Crippen LogP contribution in [0.3, 0.4) is 0 Å². The monoisotopic (exact) mass is 350 g/mol. The molecule has 1 aliphatic heterocycles. The molecule has 2 aromatic rings. The van der Waals surface area contributed by atoms with Crippen LogP contribution in [-0.4, -0.2) is 26.1 Å². The zero-order chi connectivity index (χ0) is 12.7. The average Bonchev–Trinajstić information content (AvgIpc) is 2.67. The van der Waals surface area contributed by atoms with Gasteiger partial charge in [-0.3, -0.25) is 4.57 Å². The van der Waals surface area contributed by atoms with Crippen LogP contribution in [0.5, 0.6) is 0 Å². The molecule has 1 unspecified atom stereocenters. The number of hydrogen-bond acceptors (Lipinski definition) is 4. The molecule has 1 atom stereocenters. The molecule has 0 amide bonds. The van der Waals surface area contributed by atoms with Gasteiger partial charge in [-0.15, -0.1) is 0 Å². The predicted molar refractivity (Wildman–Crippen MR) is 71.9 cm³/mol. The number of hydrogen-bond donors (Lipinski definition) is 0. The molecule has 1 aliphatic rings. The molecule has 96 valence electrons. The molecule has 0 saturated carbocycles. The summed E-state index contributed by atoms with van der Waals surface area (Å²) < 4.78 is 8.23. The van der Waals surface area contributed by atoms with Gasteiger partial charge in [-0.2, -0.15) is 4.98 Å². The third-order valence-electron chi connectivity index (χ3n) is 2.87. The van der Waals surface area contributed by atoms with Gasteiger partial charge in [0.2, 0.25) is 5.28 Å². The molecular weight excluding hydrogens is 343 g/mol. The van der Waals surface area contributed by atoms with Crippen molar-refractivity contribution in [2.75, 3.05) is 6.61 Å². The first-order valence-electron chi connectivity index (χ1n) is 5.55. The Morgan fingerprint density at radius 1 is 1.22 bits per heavy atom. The standard InChI is InChI=1S/C10H9BrCl2N4O/c11-9-14-6-7(12)15-10(13)16-8(6)17(9)5-3-1-2-4-18-5/h5H,1-4H2. The van der Waals surface area contributed by atoms with E-state index in [9.17, 15) is 0 Å². The molecule has 3 rings (SSSR count). The minimum absolute atomic E-state index is 0.0832. The van der Waals surface area contributed by atoms with Crippen LogP contribution >= 0.6 is 39.1 Å². The normalized spacial score (nSPS) is 20.5. The van der Waals surface area contributed by atoms with Crippen molar-refractivity contribution in [2.24, 2.45) is 0 Å². The SMILES string of the molecule is Clc1nc(Cl)c2nc(Br)n(C3CCCCO3)c2n1. The number of fused-ring (bicyclic) bond motifs is 1. The molecule has 0 bridgehead atoms. The molecule has 0 spiro atoms. The number of rotatable bonds is 1. The van der Waals surface area contributed by atoms with Gasteiger partial charge in [-0.1, -0.05) is 11.6 Å². The Labute approximate surface area is 122 Å². The van der Waals surface area contributed by atoms with Crippen molar-refractivity contribution >= 4 is 50.3 Å².